The van der Waals surface area contributed by atoms with Crippen LogP contribution in [-0.2, 0) is 5.75 Å². The van der Waals surface area contributed by atoms with Gasteiger partial charge >= 0.3 is 5.17 Å². The average Bonchev–Trinajstić information content (AvgIpc) is 3.01. The highest BCUT2D eigenvalue weighted by Crippen LogP contribution is 2.15. The molecule has 0 aliphatic carbocycles. The van der Waals surface area contributed by atoms with Crippen molar-refractivity contribution in [1.29, 1.82) is 0 Å². The first-order valence-electron chi connectivity index (χ1n) is 8.03. The quantitative estimate of drug-likeness (QED) is 0.824. The van der Waals surface area contributed by atoms with Crippen molar-refractivity contribution < 1.29 is 9.31 Å². The second-order valence-electron chi connectivity index (χ2n) is 5.66. The molecule has 23 heavy (non-hydrogen) atoms. The first-order valence-corrected chi connectivity index (χ1v) is 9.02. The van der Waals surface area contributed by atoms with Crippen LogP contribution in [0.1, 0.15) is 11.1 Å². The predicted molar refractivity (Wildman–Crippen MR) is 97.4 cm³/mol. The van der Waals surface area contributed by atoms with Gasteiger partial charge in [-0.25, -0.2) is 4.58 Å². The fraction of sp³-hybridized carbons (Fsp3) is 0.316. The summed E-state index contributed by atoms with van der Waals surface area (Å²) in [4.78, 5) is 0. The second-order valence-corrected chi connectivity index (χ2v) is 6.62. The van der Waals surface area contributed by atoms with Gasteiger partial charge in [-0.1, -0.05) is 42.5 Å². The van der Waals surface area contributed by atoms with E-state index in [1.54, 1.807) is 0 Å². The van der Waals surface area contributed by atoms with E-state index in [9.17, 15) is 0 Å². The summed E-state index contributed by atoms with van der Waals surface area (Å²) in [6.07, 6.45) is 0. The summed E-state index contributed by atoms with van der Waals surface area (Å²) in [6.45, 7) is 5.78. The highest BCUT2D eigenvalue weighted by molar-refractivity contribution is 8.12. The largest absolute Gasteiger partial charge is 0.490 e. The van der Waals surface area contributed by atoms with Gasteiger partial charge in [0.1, 0.15) is 32.0 Å². The highest BCUT2D eigenvalue weighted by Gasteiger charge is 2.21. The van der Waals surface area contributed by atoms with E-state index in [2.05, 4.69) is 59.3 Å². The number of nitrogens with one attached hydrogen (secondary N) is 1. The molecule has 3 rings (SSSR count). The molecule has 1 aliphatic rings. The zero-order valence-electron chi connectivity index (χ0n) is 13.5. The number of aryl methyl sites for hydroxylation is 1. The molecule has 0 atom stereocenters. The molecule has 1 N–H and O–H groups in total. The Hall–Kier alpha value is -1.94. The maximum atomic E-state index is 5.87. The van der Waals surface area contributed by atoms with Crippen LogP contribution in [-0.4, -0.2) is 36.0 Å². The molecule has 1 heterocycles. The highest BCUT2D eigenvalue weighted by atomic mass is 32.2. The third-order valence-electron chi connectivity index (χ3n) is 3.78. The van der Waals surface area contributed by atoms with Crippen molar-refractivity contribution in [2.24, 2.45) is 0 Å². The summed E-state index contributed by atoms with van der Waals surface area (Å²) < 4.78 is 8.25. The van der Waals surface area contributed by atoms with Gasteiger partial charge in [0.05, 0.1) is 0 Å². The van der Waals surface area contributed by atoms with E-state index in [1.165, 1.54) is 16.3 Å². The Morgan fingerprint density at radius 1 is 1.13 bits per heavy atom. The summed E-state index contributed by atoms with van der Waals surface area (Å²) in [6, 6.07) is 18.8. The molecule has 0 fully saturated rings. The Labute approximate surface area is 142 Å². The van der Waals surface area contributed by atoms with E-state index >= 15 is 0 Å². The standard InChI is InChI=1S/C19H22N2OS/c1-16-6-5-9-18(14-16)22-13-12-21-11-10-20-19(21)23-15-17-7-3-2-4-8-17/h2-9,14H,10-13,15H2,1H3/p+1. The van der Waals surface area contributed by atoms with Crippen LogP contribution in [0.4, 0.5) is 0 Å². The molecule has 0 saturated heterocycles. The van der Waals surface area contributed by atoms with Crippen LogP contribution < -0.4 is 10.1 Å². The number of benzene rings is 2. The van der Waals surface area contributed by atoms with Gasteiger partial charge in [0.2, 0.25) is 0 Å². The first-order chi connectivity index (χ1) is 11.3. The van der Waals surface area contributed by atoms with Crippen molar-refractivity contribution in [3.8, 4) is 5.75 Å². The summed E-state index contributed by atoms with van der Waals surface area (Å²) in [5.74, 6) is 1.95. The Kier molecular flexibility index (Phi) is 5.59. The zero-order valence-corrected chi connectivity index (χ0v) is 14.3. The van der Waals surface area contributed by atoms with Gasteiger partial charge in [0.15, 0.2) is 0 Å². The van der Waals surface area contributed by atoms with Gasteiger partial charge in [-0.15, -0.1) is 0 Å². The fourth-order valence-electron chi connectivity index (χ4n) is 2.57. The van der Waals surface area contributed by atoms with Gasteiger partial charge in [-0.3, -0.25) is 5.32 Å². The molecule has 120 valence electrons. The molecule has 0 spiro atoms. The molecular formula is C19H23N2OS+. The number of hydrogen-bond donors (Lipinski definition) is 1. The Morgan fingerprint density at radius 3 is 2.83 bits per heavy atom. The predicted octanol–water partition coefficient (Wildman–Crippen LogP) is 3.28. The van der Waals surface area contributed by atoms with Crippen molar-refractivity contribution in [3.63, 3.8) is 0 Å². The van der Waals surface area contributed by atoms with E-state index < -0.39 is 0 Å². The maximum Gasteiger partial charge on any atom is 0.306 e. The molecular weight excluding hydrogens is 304 g/mol. The molecule has 2 aromatic rings. The average molecular weight is 327 g/mol. The van der Waals surface area contributed by atoms with Crippen molar-refractivity contribution in [2.45, 2.75) is 12.7 Å². The number of hydrogen-bond acceptors (Lipinski definition) is 3. The van der Waals surface area contributed by atoms with Crippen molar-refractivity contribution in [2.75, 3.05) is 26.2 Å². The number of thioether (sulfide) groups is 1. The van der Waals surface area contributed by atoms with Gasteiger partial charge in [0, 0.05) is 5.75 Å². The molecule has 0 amide bonds. The van der Waals surface area contributed by atoms with Crippen molar-refractivity contribution in [3.05, 3.63) is 65.7 Å². The minimum absolute atomic E-state index is 0.709. The lowest BCUT2D eigenvalue weighted by atomic mass is 10.2. The molecule has 3 nitrogen and oxygen atoms in total. The monoisotopic (exact) mass is 327 g/mol. The molecule has 0 unspecified atom stereocenters. The van der Waals surface area contributed by atoms with E-state index in [0.717, 1.165) is 31.1 Å². The van der Waals surface area contributed by atoms with Crippen LogP contribution in [0.15, 0.2) is 54.6 Å². The number of ether oxygens (including phenoxy) is 1. The van der Waals surface area contributed by atoms with Gasteiger partial charge < -0.3 is 4.74 Å². The molecule has 0 radical (unpaired) electrons. The second kappa shape index (κ2) is 8.06. The number of rotatable bonds is 6. The normalized spacial score (nSPS) is 14.0. The summed E-state index contributed by atoms with van der Waals surface area (Å²) in [7, 11) is 0. The summed E-state index contributed by atoms with van der Waals surface area (Å²) >= 11 is 1.87. The lowest BCUT2D eigenvalue weighted by molar-refractivity contribution is -0.516. The minimum Gasteiger partial charge on any atom is -0.490 e. The van der Waals surface area contributed by atoms with Crippen molar-refractivity contribution >= 4 is 16.9 Å². The molecule has 0 bridgehead atoms. The van der Waals surface area contributed by atoms with Crippen LogP contribution >= 0.6 is 11.8 Å². The number of amidine groups is 1. The van der Waals surface area contributed by atoms with Crippen LogP contribution in [0, 0.1) is 6.92 Å². The third-order valence-corrected chi connectivity index (χ3v) is 4.94. The topological polar surface area (TPSA) is 24.3 Å². The first kappa shape index (κ1) is 15.9. The van der Waals surface area contributed by atoms with Gasteiger partial charge in [-0.2, -0.15) is 0 Å². The maximum absolute atomic E-state index is 5.87. The van der Waals surface area contributed by atoms with Crippen molar-refractivity contribution in [1.82, 2.24) is 5.32 Å². The van der Waals surface area contributed by atoms with Gasteiger partial charge in [-0.05, 0) is 41.9 Å². The van der Waals surface area contributed by atoms with Gasteiger partial charge in [0.25, 0.3) is 0 Å². The SMILES string of the molecule is Cc1cccc(OCC[N+]2=C(SCc3ccccc3)NCC2)c1. The van der Waals surface area contributed by atoms with Crippen LogP contribution in [0.2, 0.25) is 0 Å². The third kappa shape index (κ3) is 4.76. The minimum atomic E-state index is 0.709. The Balaban J connectivity index is 1.51. The smallest absolute Gasteiger partial charge is 0.306 e. The van der Waals surface area contributed by atoms with Crippen LogP contribution in [0.5, 0.6) is 5.75 Å². The molecule has 1 aliphatic heterocycles. The Bertz CT molecular complexity index is 670. The van der Waals surface area contributed by atoms with Crippen LogP contribution in [0.3, 0.4) is 0 Å². The number of nitrogens with zero attached hydrogens (tertiary/aromatic N) is 1. The molecule has 4 heteroatoms. The molecule has 0 aromatic heterocycles. The van der Waals surface area contributed by atoms with E-state index in [1.807, 2.05) is 23.9 Å². The Morgan fingerprint density at radius 2 is 2.00 bits per heavy atom. The van der Waals surface area contributed by atoms with E-state index in [0.29, 0.717) is 6.61 Å². The molecule has 2 aromatic carbocycles. The lowest BCUT2D eigenvalue weighted by Crippen LogP contribution is -2.23. The van der Waals surface area contributed by atoms with Crippen LogP contribution in [0.25, 0.3) is 0 Å². The summed E-state index contributed by atoms with van der Waals surface area (Å²) in [5.41, 5.74) is 2.59. The fourth-order valence-corrected chi connectivity index (χ4v) is 3.64. The zero-order chi connectivity index (χ0) is 15.9. The van der Waals surface area contributed by atoms with E-state index in [-0.39, 0.29) is 0 Å². The molecule has 0 saturated carbocycles. The lowest BCUT2D eigenvalue weighted by Gasteiger charge is -2.07. The van der Waals surface area contributed by atoms with E-state index in [4.69, 9.17) is 4.74 Å². The summed E-state index contributed by atoms with van der Waals surface area (Å²) in [5, 5.41) is 4.75.